The van der Waals surface area contributed by atoms with Gasteiger partial charge in [0.25, 0.3) is 5.91 Å². The van der Waals surface area contributed by atoms with Gasteiger partial charge in [-0.25, -0.2) is 4.98 Å². The van der Waals surface area contributed by atoms with Crippen LogP contribution in [0, 0.1) is 12.8 Å². The lowest BCUT2D eigenvalue weighted by Crippen LogP contribution is -2.37. The lowest BCUT2D eigenvalue weighted by atomic mass is 10.0. The van der Waals surface area contributed by atoms with Crippen molar-refractivity contribution in [1.29, 1.82) is 0 Å². The molecule has 6 heteroatoms. The molecule has 26 heavy (non-hydrogen) atoms. The van der Waals surface area contributed by atoms with Crippen molar-refractivity contribution in [3.05, 3.63) is 66.0 Å². The predicted molar refractivity (Wildman–Crippen MR) is 98.1 cm³/mol. The van der Waals surface area contributed by atoms with Gasteiger partial charge in [-0.1, -0.05) is 6.07 Å². The van der Waals surface area contributed by atoms with E-state index in [1.54, 1.807) is 6.07 Å². The van der Waals surface area contributed by atoms with E-state index in [1.165, 1.54) is 0 Å². The van der Waals surface area contributed by atoms with Crippen LogP contribution in [0.4, 0.5) is 0 Å². The Morgan fingerprint density at radius 3 is 3.08 bits per heavy atom. The first-order chi connectivity index (χ1) is 12.7. The molecule has 4 rings (SSSR count). The number of pyridine rings is 1. The average Bonchev–Trinajstić information content (AvgIpc) is 3.01. The van der Waals surface area contributed by atoms with Gasteiger partial charge in [-0.15, -0.1) is 0 Å². The van der Waals surface area contributed by atoms with Gasteiger partial charge in [-0.2, -0.15) is 0 Å². The van der Waals surface area contributed by atoms with E-state index >= 15 is 0 Å². The number of ether oxygens (including phenoxy) is 1. The van der Waals surface area contributed by atoms with E-state index in [0.717, 1.165) is 23.3 Å². The SMILES string of the molecule is Cc1cccc(C(=O)N2CCOC[C@H](Cc3nccn4cccc34)C2)n1. The first-order valence-corrected chi connectivity index (χ1v) is 8.92. The first-order valence-electron chi connectivity index (χ1n) is 8.92. The van der Waals surface area contributed by atoms with E-state index in [4.69, 9.17) is 4.74 Å². The Bertz CT molecular complexity index is 921. The first kappa shape index (κ1) is 16.7. The molecule has 1 saturated heterocycles. The zero-order chi connectivity index (χ0) is 17.9. The van der Waals surface area contributed by atoms with E-state index in [1.807, 2.05) is 48.6 Å². The van der Waals surface area contributed by atoms with E-state index in [-0.39, 0.29) is 11.8 Å². The normalized spacial score (nSPS) is 18.0. The number of aryl methyl sites for hydroxylation is 1. The van der Waals surface area contributed by atoms with Crippen LogP contribution in [0.2, 0.25) is 0 Å². The Labute approximate surface area is 152 Å². The average molecular weight is 350 g/mol. The molecule has 1 aliphatic heterocycles. The maximum atomic E-state index is 12.9. The molecule has 0 aliphatic carbocycles. The van der Waals surface area contributed by atoms with Crippen LogP contribution in [0.15, 0.2) is 48.9 Å². The van der Waals surface area contributed by atoms with Crippen molar-refractivity contribution < 1.29 is 9.53 Å². The Balaban J connectivity index is 1.52. The quantitative estimate of drug-likeness (QED) is 0.728. The number of carbonyl (C=O) groups is 1. The molecule has 0 bridgehead atoms. The van der Waals surface area contributed by atoms with E-state index in [9.17, 15) is 4.79 Å². The minimum Gasteiger partial charge on any atom is -0.379 e. The summed E-state index contributed by atoms with van der Waals surface area (Å²) in [6.07, 6.45) is 6.56. The molecule has 4 heterocycles. The molecule has 0 aromatic carbocycles. The molecule has 0 unspecified atom stereocenters. The number of hydrogen-bond acceptors (Lipinski definition) is 4. The number of carbonyl (C=O) groups excluding carboxylic acids is 1. The molecular formula is C20H22N4O2. The summed E-state index contributed by atoms with van der Waals surface area (Å²) in [6.45, 7) is 4.33. The number of aromatic nitrogens is 3. The number of hydrogen-bond donors (Lipinski definition) is 0. The second kappa shape index (κ2) is 7.25. The van der Waals surface area contributed by atoms with Gasteiger partial charge < -0.3 is 14.0 Å². The third-order valence-electron chi connectivity index (χ3n) is 4.75. The van der Waals surface area contributed by atoms with E-state index in [0.29, 0.717) is 32.0 Å². The second-order valence-electron chi connectivity index (χ2n) is 6.74. The van der Waals surface area contributed by atoms with Crippen LogP contribution in [-0.2, 0) is 11.2 Å². The van der Waals surface area contributed by atoms with Crippen LogP contribution in [0.1, 0.15) is 21.9 Å². The third-order valence-corrected chi connectivity index (χ3v) is 4.75. The summed E-state index contributed by atoms with van der Waals surface area (Å²) in [5.41, 5.74) is 3.49. The molecule has 3 aromatic rings. The van der Waals surface area contributed by atoms with Crippen LogP contribution in [0.3, 0.4) is 0 Å². The summed E-state index contributed by atoms with van der Waals surface area (Å²) in [5, 5.41) is 0. The molecule has 6 nitrogen and oxygen atoms in total. The van der Waals surface area contributed by atoms with Gasteiger partial charge in [0, 0.05) is 43.3 Å². The van der Waals surface area contributed by atoms with Crippen LogP contribution < -0.4 is 0 Å². The summed E-state index contributed by atoms with van der Waals surface area (Å²) in [6, 6.07) is 9.63. The van der Waals surface area contributed by atoms with Crippen molar-refractivity contribution in [2.45, 2.75) is 13.3 Å². The zero-order valence-electron chi connectivity index (χ0n) is 14.8. The van der Waals surface area contributed by atoms with Crippen molar-refractivity contribution in [2.24, 2.45) is 5.92 Å². The number of amides is 1. The van der Waals surface area contributed by atoms with E-state index in [2.05, 4.69) is 20.4 Å². The maximum absolute atomic E-state index is 12.9. The molecule has 3 aromatic heterocycles. The van der Waals surface area contributed by atoms with Crippen LogP contribution in [0.5, 0.6) is 0 Å². The highest BCUT2D eigenvalue weighted by atomic mass is 16.5. The molecule has 1 aliphatic rings. The lowest BCUT2D eigenvalue weighted by molar-refractivity contribution is 0.0731. The molecule has 0 spiro atoms. The summed E-state index contributed by atoms with van der Waals surface area (Å²) >= 11 is 0. The fourth-order valence-corrected chi connectivity index (χ4v) is 3.47. The summed E-state index contributed by atoms with van der Waals surface area (Å²) in [5.74, 6) is 0.179. The van der Waals surface area contributed by atoms with Gasteiger partial charge in [0.15, 0.2) is 0 Å². The van der Waals surface area contributed by atoms with Gasteiger partial charge in [-0.05, 0) is 37.6 Å². The lowest BCUT2D eigenvalue weighted by Gasteiger charge is -2.23. The smallest absolute Gasteiger partial charge is 0.272 e. The van der Waals surface area contributed by atoms with Crippen LogP contribution in [-0.4, -0.2) is 51.5 Å². The molecule has 0 radical (unpaired) electrons. The fourth-order valence-electron chi connectivity index (χ4n) is 3.47. The monoisotopic (exact) mass is 350 g/mol. The van der Waals surface area contributed by atoms with Crippen LogP contribution in [0.25, 0.3) is 5.52 Å². The minimum atomic E-state index is -0.0296. The Morgan fingerprint density at radius 2 is 2.19 bits per heavy atom. The molecule has 1 amide bonds. The summed E-state index contributed by atoms with van der Waals surface area (Å²) in [7, 11) is 0. The molecule has 1 fully saturated rings. The highest BCUT2D eigenvalue weighted by molar-refractivity contribution is 5.92. The van der Waals surface area contributed by atoms with Gasteiger partial charge in [0.2, 0.25) is 0 Å². The Kier molecular flexibility index (Phi) is 4.67. The standard InChI is InChI=1S/C20H22N4O2/c1-15-4-2-5-17(22-15)20(25)24-10-11-26-14-16(13-24)12-18-19-6-3-8-23(19)9-7-21-18/h2-9,16H,10-14H2,1H3/t16-/m1/s1. The molecular weight excluding hydrogens is 328 g/mol. The molecule has 1 atom stereocenters. The highest BCUT2D eigenvalue weighted by Crippen LogP contribution is 2.18. The van der Waals surface area contributed by atoms with Crippen molar-refractivity contribution in [2.75, 3.05) is 26.3 Å². The fraction of sp³-hybridized carbons (Fsp3) is 0.350. The third kappa shape index (κ3) is 3.46. The highest BCUT2D eigenvalue weighted by Gasteiger charge is 2.25. The Morgan fingerprint density at radius 1 is 1.27 bits per heavy atom. The molecule has 134 valence electrons. The maximum Gasteiger partial charge on any atom is 0.272 e. The number of fused-ring (bicyclic) bond motifs is 1. The van der Waals surface area contributed by atoms with Gasteiger partial charge in [0.05, 0.1) is 24.4 Å². The van der Waals surface area contributed by atoms with E-state index < -0.39 is 0 Å². The second-order valence-corrected chi connectivity index (χ2v) is 6.74. The summed E-state index contributed by atoms with van der Waals surface area (Å²) in [4.78, 5) is 23.6. The Hall–Kier alpha value is -2.73. The van der Waals surface area contributed by atoms with Crippen molar-refractivity contribution >= 4 is 11.4 Å². The van der Waals surface area contributed by atoms with Crippen molar-refractivity contribution in [1.82, 2.24) is 19.3 Å². The topological polar surface area (TPSA) is 59.7 Å². The van der Waals surface area contributed by atoms with Gasteiger partial charge >= 0.3 is 0 Å². The van der Waals surface area contributed by atoms with Crippen molar-refractivity contribution in [3.63, 3.8) is 0 Å². The zero-order valence-corrected chi connectivity index (χ0v) is 14.8. The van der Waals surface area contributed by atoms with Crippen molar-refractivity contribution in [3.8, 4) is 0 Å². The van der Waals surface area contributed by atoms with Crippen LogP contribution >= 0.6 is 0 Å². The number of nitrogens with zero attached hydrogens (tertiary/aromatic N) is 4. The largest absolute Gasteiger partial charge is 0.379 e. The van der Waals surface area contributed by atoms with Gasteiger partial charge in [-0.3, -0.25) is 9.78 Å². The van der Waals surface area contributed by atoms with Gasteiger partial charge in [0.1, 0.15) is 5.69 Å². The summed E-state index contributed by atoms with van der Waals surface area (Å²) < 4.78 is 7.83. The predicted octanol–water partition coefficient (Wildman–Crippen LogP) is 2.37. The molecule has 0 N–H and O–H groups in total. The number of rotatable bonds is 3. The minimum absolute atomic E-state index is 0.0296. The molecule has 0 saturated carbocycles.